The average molecular weight is 393 g/mol. The summed E-state index contributed by atoms with van der Waals surface area (Å²) in [5.74, 6) is -0.0504. The largest absolute Gasteiger partial charge is 0.587 e. The van der Waals surface area contributed by atoms with Crippen molar-refractivity contribution in [1.82, 2.24) is 0 Å². The molecule has 0 aliphatic heterocycles. The molecule has 0 fully saturated rings. The summed E-state index contributed by atoms with van der Waals surface area (Å²) in [5.41, 5.74) is -0.391. The van der Waals surface area contributed by atoms with Crippen LogP contribution < -0.4 is 9.05 Å². The van der Waals surface area contributed by atoms with Crippen molar-refractivity contribution in [2.45, 2.75) is 6.42 Å². The molecule has 0 unspecified atom stereocenters. The van der Waals surface area contributed by atoms with E-state index in [1.807, 2.05) is 0 Å². The van der Waals surface area contributed by atoms with Gasteiger partial charge >= 0.3 is 7.82 Å². The Hall–Kier alpha value is -3.48. The lowest BCUT2D eigenvalue weighted by molar-refractivity contribution is -0.385. The first-order chi connectivity index (χ1) is 12.8. The third-order valence-corrected chi connectivity index (χ3v) is 4.36. The van der Waals surface area contributed by atoms with Gasteiger partial charge in [0.15, 0.2) is 0 Å². The molecule has 0 saturated carbocycles. The number of phosphoric acid groups is 1. The van der Waals surface area contributed by atoms with Crippen molar-refractivity contribution < 1.29 is 28.0 Å². The van der Waals surface area contributed by atoms with Crippen molar-refractivity contribution >= 4 is 19.2 Å². The minimum atomic E-state index is -4.26. The predicted molar refractivity (Wildman–Crippen MR) is 91.2 cm³/mol. The van der Waals surface area contributed by atoms with Crippen LogP contribution in [0.15, 0.2) is 48.5 Å². The van der Waals surface area contributed by atoms with Gasteiger partial charge in [0.25, 0.3) is 11.4 Å². The second kappa shape index (κ2) is 8.75. The number of nitro benzene ring substituents is 2. The van der Waals surface area contributed by atoms with Gasteiger partial charge in [0, 0.05) is 24.3 Å². The number of nitrogens with zero attached hydrogens (tertiary/aromatic N) is 3. The van der Waals surface area contributed by atoms with Crippen LogP contribution in [0.5, 0.6) is 11.5 Å². The number of hydrogen-bond donors (Lipinski definition) is 0. The van der Waals surface area contributed by atoms with Crippen molar-refractivity contribution in [3.63, 3.8) is 0 Å². The van der Waals surface area contributed by atoms with Gasteiger partial charge in [0.05, 0.1) is 28.9 Å². The SMILES string of the molecule is N#CCCOP(=O)(Oc1ccc([N+](=O)[O-])cc1)Oc1ccc([N+](=O)[O-])cc1. The summed E-state index contributed by atoms with van der Waals surface area (Å²) in [5, 5.41) is 29.9. The molecular formula is C15H12N3O8P. The van der Waals surface area contributed by atoms with Crippen LogP contribution in [-0.4, -0.2) is 16.5 Å². The van der Waals surface area contributed by atoms with Crippen molar-refractivity contribution in [3.05, 3.63) is 68.8 Å². The van der Waals surface area contributed by atoms with E-state index in [0.717, 1.165) is 24.3 Å². The van der Waals surface area contributed by atoms with E-state index in [1.54, 1.807) is 6.07 Å². The van der Waals surface area contributed by atoms with Crippen molar-refractivity contribution in [3.8, 4) is 17.6 Å². The number of hydrogen-bond acceptors (Lipinski definition) is 9. The smallest absolute Gasteiger partial charge is 0.395 e. The Labute approximate surface area is 152 Å². The first-order valence-corrected chi connectivity index (χ1v) is 8.79. The fraction of sp³-hybridized carbons (Fsp3) is 0.133. The molecule has 0 aliphatic rings. The van der Waals surface area contributed by atoms with Gasteiger partial charge in [-0.2, -0.15) is 5.26 Å². The second-order valence-electron chi connectivity index (χ2n) is 4.87. The van der Waals surface area contributed by atoms with Crippen LogP contribution in [0.3, 0.4) is 0 Å². The highest BCUT2D eigenvalue weighted by Gasteiger charge is 2.31. The van der Waals surface area contributed by atoms with E-state index in [1.165, 1.54) is 24.3 Å². The van der Waals surface area contributed by atoms with E-state index >= 15 is 0 Å². The molecule has 0 aliphatic carbocycles. The molecule has 0 atom stereocenters. The van der Waals surface area contributed by atoms with Crippen LogP contribution in [0.1, 0.15) is 6.42 Å². The summed E-state index contributed by atoms with van der Waals surface area (Å²) in [6.45, 7) is -0.256. The lowest BCUT2D eigenvalue weighted by atomic mass is 10.3. The van der Waals surface area contributed by atoms with Crippen molar-refractivity contribution in [2.75, 3.05) is 6.61 Å². The molecule has 0 N–H and O–H groups in total. The second-order valence-corrected chi connectivity index (χ2v) is 6.39. The third-order valence-electron chi connectivity index (χ3n) is 2.99. The number of rotatable bonds is 9. The highest BCUT2D eigenvalue weighted by Crippen LogP contribution is 2.50. The van der Waals surface area contributed by atoms with Gasteiger partial charge in [-0.15, -0.1) is 0 Å². The summed E-state index contributed by atoms with van der Waals surface area (Å²) in [6, 6.07) is 11.2. The number of benzene rings is 2. The Morgan fingerprint density at radius 3 is 1.63 bits per heavy atom. The first kappa shape index (κ1) is 19.8. The zero-order valence-corrected chi connectivity index (χ0v) is 14.5. The monoisotopic (exact) mass is 393 g/mol. The maximum Gasteiger partial charge on any atom is 0.587 e. The summed E-state index contributed by atoms with van der Waals surface area (Å²) in [4.78, 5) is 20.1. The zero-order valence-electron chi connectivity index (χ0n) is 13.6. The maximum absolute atomic E-state index is 12.8. The Kier molecular flexibility index (Phi) is 6.43. The van der Waals surface area contributed by atoms with Crippen LogP contribution in [0.2, 0.25) is 0 Å². The van der Waals surface area contributed by atoms with E-state index in [9.17, 15) is 24.8 Å². The number of non-ortho nitro benzene ring substituents is 2. The van der Waals surface area contributed by atoms with E-state index in [-0.39, 0.29) is 35.9 Å². The number of nitro groups is 2. The molecule has 0 bridgehead atoms. The molecule has 2 rings (SSSR count). The lowest BCUT2D eigenvalue weighted by Crippen LogP contribution is -2.06. The van der Waals surface area contributed by atoms with Crippen LogP contribution in [0, 0.1) is 31.6 Å². The Morgan fingerprint density at radius 1 is 0.889 bits per heavy atom. The molecule has 0 spiro atoms. The van der Waals surface area contributed by atoms with Gasteiger partial charge in [-0.05, 0) is 24.3 Å². The van der Waals surface area contributed by atoms with Crippen LogP contribution in [0.25, 0.3) is 0 Å². The molecule has 140 valence electrons. The standard InChI is InChI=1S/C15H12N3O8P/c16-10-1-11-24-27(23,25-14-6-2-12(3-7-14)17(19)20)26-15-8-4-13(5-9-15)18(21)22/h2-9H,1,11H2. The maximum atomic E-state index is 12.8. The molecule has 11 nitrogen and oxygen atoms in total. The van der Waals surface area contributed by atoms with Gasteiger partial charge < -0.3 is 9.05 Å². The molecule has 0 saturated heterocycles. The fourth-order valence-electron chi connectivity index (χ4n) is 1.79. The average Bonchev–Trinajstić information content (AvgIpc) is 2.62. The third kappa shape index (κ3) is 5.78. The summed E-state index contributed by atoms with van der Waals surface area (Å²) >= 11 is 0. The Bertz CT molecular complexity index is 845. The van der Waals surface area contributed by atoms with Gasteiger partial charge in [0.1, 0.15) is 11.5 Å². The van der Waals surface area contributed by atoms with Crippen LogP contribution >= 0.6 is 7.82 Å². The Balaban J connectivity index is 2.20. The van der Waals surface area contributed by atoms with Crippen molar-refractivity contribution in [2.24, 2.45) is 0 Å². The molecule has 2 aromatic carbocycles. The molecular weight excluding hydrogens is 381 g/mol. The summed E-state index contributed by atoms with van der Waals surface area (Å²) < 4.78 is 28.3. The van der Waals surface area contributed by atoms with Gasteiger partial charge in [-0.1, -0.05) is 0 Å². The number of phosphoric ester groups is 1. The Morgan fingerprint density at radius 2 is 1.30 bits per heavy atom. The summed E-state index contributed by atoms with van der Waals surface area (Å²) in [6.07, 6.45) is -0.0861. The quantitative estimate of drug-likeness (QED) is 0.266. The molecule has 0 radical (unpaired) electrons. The van der Waals surface area contributed by atoms with Crippen molar-refractivity contribution in [1.29, 1.82) is 5.26 Å². The topological polar surface area (TPSA) is 155 Å². The van der Waals surface area contributed by atoms with E-state index in [2.05, 4.69) is 0 Å². The molecule has 2 aromatic rings. The predicted octanol–water partition coefficient (Wildman–Crippen LogP) is 4.00. The van der Waals surface area contributed by atoms with Crippen LogP contribution in [-0.2, 0) is 9.09 Å². The minimum absolute atomic E-state index is 0.0252. The van der Waals surface area contributed by atoms with E-state index in [4.69, 9.17) is 18.8 Å². The fourth-order valence-corrected chi connectivity index (χ4v) is 3.01. The summed E-state index contributed by atoms with van der Waals surface area (Å²) in [7, 11) is -4.26. The van der Waals surface area contributed by atoms with Gasteiger partial charge in [-0.3, -0.25) is 24.8 Å². The zero-order chi connectivity index (χ0) is 19.9. The minimum Gasteiger partial charge on any atom is -0.395 e. The van der Waals surface area contributed by atoms with E-state index in [0.29, 0.717) is 0 Å². The van der Waals surface area contributed by atoms with Gasteiger partial charge in [-0.25, -0.2) is 4.57 Å². The highest BCUT2D eigenvalue weighted by molar-refractivity contribution is 7.49. The molecule has 0 aromatic heterocycles. The normalized spacial score (nSPS) is 10.6. The highest BCUT2D eigenvalue weighted by atomic mass is 31.2. The number of nitriles is 1. The molecule has 0 heterocycles. The molecule has 0 amide bonds. The molecule has 27 heavy (non-hydrogen) atoms. The lowest BCUT2D eigenvalue weighted by Gasteiger charge is -2.18. The molecule has 12 heteroatoms. The van der Waals surface area contributed by atoms with E-state index < -0.39 is 17.7 Å². The van der Waals surface area contributed by atoms with Crippen LogP contribution in [0.4, 0.5) is 11.4 Å². The van der Waals surface area contributed by atoms with Gasteiger partial charge in [0.2, 0.25) is 0 Å². The first-order valence-electron chi connectivity index (χ1n) is 7.32.